The Morgan fingerprint density at radius 3 is 3.07 bits per heavy atom. The fourth-order valence-electron chi connectivity index (χ4n) is 0.950. The lowest BCUT2D eigenvalue weighted by Crippen LogP contribution is -2.30. The monoisotopic (exact) mass is 204 g/mol. The van der Waals surface area contributed by atoms with E-state index in [4.69, 9.17) is 5.84 Å². The minimum Gasteiger partial charge on any atom is -0.309 e. The van der Waals surface area contributed by atoms with Crippen LogP contribution < -0.4 is 16.6 Å². The van der Waals surface area contributed by atoms with Gasteiger partial charge in [0.15, 0.2) is 0 Å². The summed E-state index contributed by atoms with van der Waals surface area (Å²) in [5.41, 5.74) is 3.12. The fourth-order valence-corrected chi connectivity index (χ4v) is 0.950. The summed E-state index contributed by atoms with van der Waals surface area (Å²) in [6, 6.07) is 1.64. The Hall–Kier alpha value is -1.90. The molecule has 1 amide bonds. The minimum atomic E-state index is -0.375. The Morgan fingerprint density at radius 2 is 2.40 bits per heavy atom. The molecule has 0 unspecified atom stereocenters. The number of hydrogen-bond donors (Lipinski definition) is 3. The molecule has 0 aliphatic rings. The summed E-state index contributed by atoms with van der Waals surface area (Å²) in [6.07, 6.45) is 3.03. The maximum atomic E-state index is 11.2. The van der Waals surface area contributed by atoms with Crippen LogP contribution in [0.15, 0.2) is 18.5 Å². The second-order valence-electron chi connectivity index (χ2n) is 2.77. The highest BCUT2D eigenvalue weighted by Gasteiger charge is 2.03. The van der Waals surface area contributed by atoms with Crippen molar-refractivity contribution in [1.82, 2.24) is 15.7 Å². The van der Waals surface area contributed by atoms with Gasteiger partial charge in [0.1, 0.15) is 0 Å². The molecule has 0 aliphatic carbocycles. The predicted molar refractivity (Wildman–Crippen MR) is 56.7 cm³/mol. The average molecular weight is 204 g/mol. The van der Waals surface area contributed by atoms with Crippen LogP contribution >= 0.6 is 0 Å². The lowest BCUT2D eigenvalue weighted by atomic mass is 10.2. The van der Waals surface area contributed by atoms with Crippen LogP contribution in [0.3, 0.4) is 0 Å². The normalized spacial score (nSPS) is 8.93. The van der Waals surface area contributed by atoms with Gasteiger partial charge in [-0.1, -0.05) is 11.8 Å². The molecule has 0 aliphatic heterocycles. The fraction of sp³-hybridized carbons (Fsp3) is 0.200. The Bertz CT molecular complexity index is 405. The first-order valence-electron chi connectivity index (χ1n) is 4.37. The van der Waals surface area contributed by atoms with Gasteiger partial charge in [0, 0.05) is 18.0 Å². The van der Waals surface area contributed by atoms with E-state index >= 15 is 0 Å². The van der Waals surface area contributed by atoms with Crippen molar-refractivity contribution >= 4 is 5.91 Å². The van der Waals surface area contributed by atoms with Gasteiger partial charge in [-0.25, -0.2) is 5.84 Å². The smallest absolute Gasteiger partial charge is 0.266 e. The third kappa shape index (κ3) is 3.38. The number of hydrogen-bond acceptors (Lipinski definition) is 4. The van der Waals surface area contributed by atoms with Crippen molar-refractivity contribution in [3.05, 3.63) is 29.6 Å². The molecule has 0 atom stereocenters. The van der Waals surface area contributed by atoms with Crippen LogP contribution in [-0.4, -0.2) is 24.5 Å². The van der Waals surface area contributed by atoms with E-state index in [-0.39, 0.29) is 5.91 Å². The SMILES string of the molecule is CNCC#Cc1cncc(C(=O)NN)c1. The molecule has 0 saturated heterocycles. The van der Waals surface area contributed by atoms with Crippen molar-refractivity contribution in [2.75, 3.05) is 13.6 Å². The summed E-state index contributed by atoms with van der Waals surface area (Å²) >= 11 is 0. The number of carbonyl (C=O) groups excluding carboxylic acids is 1. The summed E-state index contributed by atoms with van der Waals surface area (Å²) in [5, 5.41) is 2.89. The third-order valence-corrected chi connectivity index (χ3v) is 1.63. The van der Waals surface area contributed by atoms with Crippen LogP contribution in [0.2, 0.25) is 0 Å². The molecule has 1 rings (SSSR count). The van der Waals surface area contributed by atoms with E-state index in [2.05, 4.69) is 22.1 Å². The van der Waals surface area contributed by atoms with Gasteiger partial charge >= 0.3 is 0 Å². The van der Waals surface area contributed by atoms with Gasteiger partial charge in [0.2, 0.25) is 0 Å². The zero-order valence-electron chi connectivity index (χ0n) is 8.37. The molecule has 5 nitrogen and oxygen atoms in total. The topological polar surface area (TPSA) is 80.0 Å². The number of carbonyl (C=O) groups is 1. The average Bonchev–Trinajstić information content (AvgIpc) is 2.29. The molecular weight excluding hydrogens is 192 g/mol. The van der Waals surface area contributed by atoms with Gasteiger partial charge in [-0.15, -0.1) is 0 Å². The van der Waals surface area contributed by atoms with Crippen molar-refractivity contribution in [2.45, 2.75) is 0 Å². The lowest BCUT2D eigenvalue weighted by molar-refractivity contribution is 0.0953. The number of nitrogens with two attached hydrogens (primary N) is 1. The molecule has 5 heteroatoms. The summed E-state index contributed by atoms with van der Waals surface area (Å²) in [5.74, 6) is 10.4. The van der Waals surface area contributed by atoms with Gasteiger partial charge in [0.05, 0.1) is 12.1 Å². The molecule has 1 heterocycles. The zero-order valence-corrected chi connectivity index (χ0v) is 8.37. The molecule has 0 radical (unpaired) electrons. The van der Waals surface area contributed by atoms with Gasteiger partial charge in [-0.05, 0) is 13.1 Å². The molecule has 78 valence electrons. The number of rotatable bonds is 2. The van der Waals surface area contributed by atoms with Crippen LogP contribution in [0.4, 0.5) is 0 Å². The van der Waals surface area contributed by atoms with Crippen LogP contribution in [0, 0.1) is 11.8 Å². The first kappa shape index (κ1) is 11.2. The van der Waals surface area contributed by atoms with Gasteiger partial charge in [-0.3, -0.25) is 15.2 Å². The Balaban J connectivity index is 2.84. The van der Waals surface area contributed by atoms with E-state index in [0.29, 0.717) is 17.7 Å². The summed E-state index contributed by atoms with van der Waals surface area (Å²) in [4.78, 5) is 15.1. The standard InChI is InChI=1S/C10H12N4O/c1-12-4-2-3-8-5-9(7-13-6-8)10(15)14-11/h5-7,12H,4,11H2,1H3,(H,14,15). The highest BCUT2D eigenvalue weighted by atomic mass is 16.2. The second kappa shape index (κ2) is 5.75. The molecular formula is C10H12N4O. The Labute approximate surface area is 88.0 Å². The van der Waals surface area contributed by atoms with Crippen LogP contribution in [0.5, 0.6) is 0 Å². The second-order valence-corrected chi connectivity index (χ2v) is 2.77. The van der Waals surface area contributed by atoms with Crippen LogP contribution in [-0.2, 0) is 0 Å². The minimum absolute atomic E-state index is 0.375. The molecule has 4 N–H and O–H groups in total. The molecule has 1 aromatic rings. The summed E-state index contributed by atoms with van der Waals surface area (Å²) in [7, 11) is 1.81. The number of amides is 1. The van der Waals surface area contributed by atoms with Crippen molar-refractivity contribution in [3.8, 4) is 11.8 Å². The van der Waals surface area contributed by atoms with E-state index in [0.717, 1.165) is 0 Å². The van der Waals surface area contributed by atoms with E-state index in [1.165, 1.54) is 6.20 Å². The van der Waals surface area contributed by atoms with E-state index in [1.54, 1.807) is 12.3 Å². The van der Waals surface area contributed by atoms with Gasteiger partial charge in [0.25, 0.3) is 5.91 Å². The molecule has 15 heavy (non-hydrogen) atoms. The largest absolute Gasteiger partial charge is 0.309 e. The maximum absolute atomic E-state index is 11.2. The summed E-state index contributed by atoms with van der Waals surface area (Å²) < 4.78 is 0. The predicted octanol–water partition coefficient (Wildman–Crippen LogP) is -0.744. The first-order chi connectivity index (χ1) is 7.27. The molecule has 0 saturated carbocycles. The Kier molecular flexibility index (Phi) is 4.29. The van der Waals surface area contributed by atoms with Crippen molar-refractivity contribution in [1.29, 1.82) is 0 Å². The number of pyridine rings is 1. The highest BCUT2D eigenvalue weighted by molar-refractivity contribution is 5.93. The molecule has 0 spiro atoms. The molecule has 1 aromatic heterocycles. The first-order valence-corrected chi connectivity index (χ1v) is 4.37. The lowest BCUT2D eigenvalue weighted by Gasteiger charge is -1.98. The van der Waals surface area contributed by atoms with Crippen LogP contribution in [0.25, 0.3) is 0 Å². The number of aromatic nitrogens is 1. The third-order valence-electron chi connectivity index (χ3n) is 1.63. The maximum Gasteiger partial charge on any atom is 0.266 e. The van der Waals surface area contributed by atoms with Crippen molar-refractivity contribution in [2.24, 2.45) is 5.84 Å². The van der Waals surface area contributed by atoms with E-state index in [1.807, 2.05) is 12.5 Å². The number of hydrazine groups is 1. The molecule has 0 fully saturated rings. The zero-order chi connectivity index (χ0) is 11.1. The number of nitrogens with one attached hydrogen (secondary N) is 2. The van der Waals surface area contributed by atoms with Crippen LogP contribution in [0.1, 0.15) is 15.9 Å². The van der Waals surface area contributed by atoms with Crippen molar-refractivity contribution in [3.63, 3.8) is 0 Å². The number of nitrogen functional groups attached to an aromatic ring is 1. The molecule has 0 aromatic carbocycles. The van der Waals surface area contributed by atoms with Gasteiger partial charge in [-0.2, -0.15) is 0 Å². The quantitative estimate of drug-likeness (QED) is 0.256. The van der Waals surface area contributed by atoms with Gasteiger partial charge < -0.3 is 5.32 Å². The van der Waals surface area contributed by atoms with E-state index in [9.17, 15) is 4.79 Å². The molecule has 0 bridgehead atoms. The highest BCUT2D eigenvalue weighted by Crippen LogP contribution is 2.00. The number of nitrogens with zero attached hydrogens (tertiary/aromatic N) is 1. The Morgan fingerprint density at radius 1 is 1.60 bits per heavy atom. The van der Waals surface area contributed by atoms with E-state index < -0.39 is 0 Å². The van der Waals surface area contributed by atoms with Crippen molar-refractivity contribution < 1.29 is 4.79 Å². The summed E-state index contributed by atoms with van der Waals surface area (Å²) in [6.45, 7) is 0.591.